The largest absolute Gasteiger partial charge is 0.504 e. The van der Waals surface area contributed by atoms with Crippen LogP contribution in [-0.4, -0.2) is 15.8 Å². The van der Waals surface area contributed by atoms with Crippen molar-refractivity contribution in [1.82, 2.24) is 0 Å². The molecule has 0 aliphatic rings. The number of phenols is 2. The lowest BCUT2D eigenvalue weighted by Gasteiger charge is -2.19. The number of hydrogen-bond donors (Lipinski definition) is 3. The fraction of sp³-hybridized carbons (Fsp3) is 0.400. The second-order valence-corrected chi connectivity index (χ2v) is 4.07. The van der Waals surface area contributed by atoms with Gasteiger partial charge in [-0.25, -0.2) is 4.39 Å². The molecule has 0 saturated carbocycles. The van der Waals surface area contributed by atoms with Crippen molar-refractivity contribution in [2.75, 3.05) is 0 Å². The molecule has 0 bridgehead atoms. The van der Waals surface area contributed by atoms with E-state index in [-0.39, 0.29) is 0 Å². The first-order valence-electron chi connectivity index (χ1n) is 4.29. The van der Waals surface area contributed by atoms with Crippen LogP contribution in [-0.2, 0) is 6.42 Å². The molecule has 0 amide bonds. The van der Waals surface area contributed by atoms with Crippen LogP contribution in [0.25, 0.3) is 0 Å². The Morgan fingerprint density at radius 3 is 2.43 bits per heavy atom. The van der Waals surface area contributed by atoms with Crippen LogP contribution in [0.5, 0.6) is 11.5 Å². The van der Waals surface area contributed by atoms with Crippen molar-refractivity contribution in [3.8, 4) is 11.5 Å². The molecule has 0 saturated heterocycles. The first-order valence-corrected chi connectivity index (χ1v) is 4.29. The molecule has 1 aromatic carbocycles. The average Bonchev–Trinajstić information content (AvgIpc) is 2.04. The topological polar surface area (TPSA) is 66.5 Å². The summed E-state index contributed by atoms with van der Waals surface area (Å²) < 4.78 is 13.3. The summed E-state index contributed by atoms with van der Waals surface area (Å²) >= 11 is 0. The van der Waals surface area contributed by atoms with Gasteiger partial charge in [0.2, 0.25) is 0 Å². The van der Waals surface area contributed by atoms with Gasteiger partial charge in [0, 0.05) is 5.54 Å². The molecule has 3 nitrogen and oxygen atoms in total. The summed E-state index contributed by atoms with van der Waals surface area (Å²) in [5.41, 5.74) is 5.46. The summed E-state index contributed by atoms with van der Waals surface area (Å²) in [6.45, 7) is 3.52. The lowest BCUT2D eigenvalue weighted by Crippen LogP contribution is -2.34. The van der Waals surface area contributed by atoms with Crippen molar-refractivity contribution in [3.05, 3.63) is 23.5 Å². The molecule has 4 N–H and O–H groups in total. The normalized spacial score (nSPS) is 11.7. The fourth-order valence-electron chi connectivity index (χ4n) is 1.22. The van der Waals surface area contributed by atoms with E-state index in [0.29, 0.717) is 12.0 Å². The van der Waals surface area contributed by atoms with E-state index in [9.17, 15) is 4.39 Å². The van der Waals surface area contributed by atoms with Gasteiger partial charge in [-0.2, -0.15) is 0 Å². The number of phenolic OH excluding ortho intramolecular Hbond substituents is 2. The van der Waals surface area contributed by atoms with E-state index < -0.39 is 22.9 Å². The molecule has 4 heteroatoms. The average molecular weight is 199 g/mol. The number of nitrogens with two attached hydrogens (primary N) is 1. The van der Waals surface area contributed by atoms with Crippen molar-refractivity contribution < 1.29 is 14.6 Å². The quantitative estimate of drug-likeness (QED) is 0.632. The monoisotopic (exact) mass is 199 g/mol. The van der Waals surface area contributed by atoms with Gasteiger partial charge in [-0.15, -0.1) is 0 Å². The molecule has 0 atom stereocenters. The van der Waals surface area contributed by atoms with E-state index in [1.165, 1.54) is 12.1 Å². The van der Waals surface area contributed by atoms with E-state index in [2.05, 4.69) is 0 Å². The van der Waals surface area contributed by atoms with Gasteiger partial charge in [-0.1, -0.05) is 6.07 Å². The van der Waals surface area contributed by atoms with E-state index in [1.807, 2.05) is 0 Å². The Bertz CT molecular complexity index is 345. The molecule has 0 aliphatic carbocycles. The van der Waals surface area contributed by atoms with Gasteiger partial charge < -0.3 is 15.9 Å². The zero-order chi connectivity index (χ0) is 10.9. The third-order valence-electron chi connectivity index (χ3n) is 1.82. The highest BCUT2D eigenvalue weighted by atomic mass is 19.1. The Morgan fingerprint density at radius 1 is 1.36 bits per heavy atom. The number of rotatable bonds is 2. The molecule has 78 valence electrons. The van der Waals surface area contributed by atoms with Crippen molar-refractivity contribution >= 4 is 0 Å². The maximum absolute atomic E-state index is 13.3. The first-order chi connectivity index (χ1) is 6.31. The summed E-state index contributed by atoms with van der Waals surface area (Å²) in [6.07, 6.45) is 0.298. The molecule has 14 heavy (non-hydrogen) atoms. The van der Waals surface area contributed by atoms with Crippen molar-refractivity contribution in [3.63, 3.8) is 0 Å². The summed E-state index contributed by atoms with van der Waals surface area (Å²) in [7, 11) is 0. The molecule has 1 aromatic rings. The summed E-state index contributed by atoms with van der Waals surface area (Å²) in [5, 5.41) is 18.1. The van der Waals surface area contributed by atoms with Gasteiger partial charge in [-0.05, 0) is 31.9 Å². The minimum atomic E-state index is -0.802. The molecular weight excluding hydrogens is 185 g/mol. The van der Waals surface area contributed by atoms with Crippen LogP contribution in [0.4, 0.5) is 4.39 Å². The first kappa shape index (κ1) is 10.8. The standard InChI is InChI=1S/C10H14FNO2/c1-10(2,12)5-6-3-4-7(13)9(14)8(6)11/h3-4,13-14H,5,12H2,1-2H3. The van der Waals surface area contributed by atoms with Gasteiger partial charge in [0.25, 0.3) is 0 Å². The minimum Gasteiger partial charge on any atom is -0.504 e. The highest BCUT2D eigenvalue weighted by molar-refractivity contribution is 5.42. The maximum atomic E-state index is 13.3. The Morgan fingerprint density at radius 2 is 1.93 bits per heavy atom. The van der Waals surface area contributed by atoms with Crippen LogP contribution < -0.4 is 5.73 Å². The van der Waals surface area contributed by atoms with Crippen LogP contribution in [0.15, 0.2) is 12.1 Å². The van der Waals surface area contributed by atoms with Crippen LogP contribution in [0.3, 0.4) is 0 Å². The Hall–Kier alpha value is -1.29. The lowest BCUT2D eigenvalue weighted by molar-refractivity contribution is 0.373. The van der Waals surface area contributed by atoms with Crippen LogP contribution in [0, 0.1) is 5.82 Å². The SMILES string of the molecule is CC(C)(N)Cc1ccc(O)c(O)c1F. The van der Waals surface area contributed by atoms with E-state index in [1.54, 1.807) is 13.8 Å². The second kappa shape index (κ2) is 3.46. The van der Waals surface area contributed by atoms with Gasteiger partial charge in [0.15, 0.2) is 17.3 Å². The smallest absolute Gasteiger partial charge is 0.194 e. The van der Waals surface area contributed by atoms with Crippen LogP contribution in [0.2, 0.25) is 0 Å². The second-order valence-electron chi connectivity index (χ2n) is 4.07. The van der Waals surface area contributed by atoms with Crippen molar-refractivity contribution in [2.45, 2.75) is 25.8 Å². The Labute approximate surface area is 82.0 Å². The van der Waals surface area contributed by atoms with Crippen molar-refractivity contribution in [1.29, 1.82) is 0 Å². The molecule has 0 aliphatic heterocycles. The zero-order valence-electron chi connectivity index (χ0n) is 8.21. The number of benzene rings is 1. The third kappa shape index (κ3) is 2.35. The highest BCUT2D eigenvalue weighted by Crippen LogP contribution is 2.30. The van der Waals surface area contributed by atoms with E-state index in [0.717, 1.165) is 0 Å². The number of halogens is 1. The highest BCUT2D eigenvalue weighted by Gasteiger charge is 2.18. The summed E-state index contributed by atoms with van der Waals surface area (Å²) in [4.78, 5) is 0. The maximum Gasteiger partial charge on any atom is 0.194 e. The number of aromatic hydroxyl groups is 2. The molecule has 0 aromatic heterocycles. The van der Waals surface area contributed by atoms with Gasteiger partial charge >= 0.3 is 0 Å². The lowest BCUT2D eigenvalue weighted by atomic mass is 9.95. The fourth-order valence-corrected chi connectivity index (χ4v) is 1.22. The minimum absolute atomic E-state index is 0.298. The van der Waals surface area contributed by atoms with E-state index in [4.69, 9.17) is 15.9 Å². The Balaban J connectivity index is 3.06. The molecular formula is C10H14FNO2. The third-order valence-corrected chi connectivity index (χ3v) is 1.82. The summed E-state index contributed by atoms with van der Waals surface area (Å²) in [5.74, 6) is -1.98. The molecule has 0 spiro atoms. The molecule has 0 unspecified atom stereocenters. The van der Waals surface area contributed by atoms with Crippen LogP contribution in [0.1, 0.15) is 19.4 Å². The van der Waals surface area contributed by atoms with Gasteiger partial charge in [0.1, 0.15) is 0 Å². The zero-order valence-corrected chi connectivity index (χ0v) is 8.21. The van der Waals surface area contributed by atoms with Gasteiger partial charge in [0.05, 0.1) is 0 Å². The predicted octanol–water partition coefficient (Wildman–Crippen LogP) is 1.52. The van der Waals surface area contributed by atoms with Gasteiger partial charge in [-0.3, -0.25) is 0 Å². The Kier molecular flexibility index (Phi) is 2.66. The summed E-state index contributed by atoms with van der Waals surface area (Å²) in [6, 6.07) is 2.67. The molecule has 0 fully saturated rings. The predicted molar refractivity (Wildman–Crippen MR) is 51.7 cm³/mol. The molecule has 1 rings (SSSR count). The number of hydrogen-bond acceptors (Lipinski definition) is 3. The van der Waals surface area contributed by atoms with Crippen molar-refractivity contribution in [2.24, 2.45) is 5.73 Å². The van der Waals surface area contributed by atoms with Crippen LogP contribution >= 0.6 is 0 Å². The molecule has 0 radical (unpaired) electrons. The molecule has 0 heterocycles. The van der Waals surface area contributed by atoms with E-state index >= 15 is 0 Å².